The molecule has 1 N–H and O–H groups in total. The summed E-state index contributed by atoms with van der Waals surface area (Å²) in [7, 11) is 1.52. The third-order valence-electron chi connectivity index (χ3n) is 2.56. The lowest BCUT2D eigenvalue weighted by Crippen LogP contribution is -1.93. The highest BCUT2D eigenvalue weighted by Crippen LogP contribution is 2.36. The summed E-state index contributed by atoms with van der Waals surface area (Å²) >= 11 is 6.03. The molecular formula is C12H10ClNO4. The number of aromatic nitrogens is 1. The summed E-state index contributed by atoms with van der Waals surface area (Å²) in [5.74, 6) is -0.846. The fourth-order valence-corrected chi connectivity index (χ4v) is 1.80. The molecule has 2 rings (SSSR count). The van der Waals surface area contributed by atoms with Crippen LogP contribution in [0.2, 0.25) is 5.02 Å². The van der Waals surface area contributed by atoms with E-state index in [0.717, 1.165) is 5.56 Å². The fraction of sp³-hybridized carbons (Fsp3) is 0.167. The number of ether oxygens (including phenoxy) is 1. The molecule has 5 nitrogen and oxygen atoms in total. The quantitative estimate of drug-likeness (QED) is 0.925. The number of carboxylic acid groups (broad SMARTS) is 1. The van der Waals surface area contributed by atoms with Crippen molar-refractivity contribution in [3.63, 3.8) is 0 Å². The number of rotatable bonds is 3. The Balaban J connectivity index is 2.61. The van der Waals surface area contributed by atoms with Gasteiger partial charge in [-0.1, -0.05) is 16.8 Å². The zero-order valence-electron chi connectivity index (χ0n) is 9.73. The number of nitrogens with zero attached hydrogens (tertiary/aromatic N) is 1. The molecule has 94 valence electrons. The second-order valence-corrected chi connectivity index (χ2v) is 4.04. The van der Waals surface area contributed by atoms with Crippen LogP contribution in [-0.2, 0) is 0 Å². The molecule has 0 aliphatic rings. The number of methoxy groups -OCH3 is 1. The van der Waals surface area contributed by atoms with Crippen molar-refractivity contribution in [2.24, 2.45) is 0 Å². The maximum absolute atomic E-state index is 10.8. The highest BCUT2D eigenvalue weighted by Gasteiger charge is 2.18. The van der Waals surface area contributed by atoms with E-state index in [1.807, 2.05) is 0 Å². The molecule has 0 aliphatic heterocycles. The fourth-order valence-electron chi connectivity index (χ4n) is 1.64. The zero-order chi connectivity index (χ0) is 13.3. The highest BCUT2D eigenvalue weighted by atomic mass is 35.5. The van der Waals surface area contributed by atoms with Crippen LogP contribution in [0.15, 0.2) is 22.7 Å². The first-order valence-electron chi connectivity index (χ1n) is 5.08. The molecule has 0 spiro atoms. The number of aromatic carboxylic acids is 1. The minimum absolute atomic E-state index is 0.230. The Kier molecular flexibility index (Phi) is 3.25. The van der Waals surface area contributed by atoms with Crippen LogP contribution in [0.3, 0.4) is 0 Å². The first-order chi connectivity index (χ1) is 8.54. The van der Waals surface area contributed by atoms with Crippen molar-refractivity contribution in [3.05, 3.63) is 34.5 Å². The van der Waals surface area contributed by atoms with Gasteiger partial charge < -0.3 is 14.4 Å². The lowest BCUT2D eigenvalue weighted by molar-refractivity contribution is 0.0652. The molecule has 0 bridgehead atoms. The minimum atomic E-state index is -1.17. The Bertz CT molecular complexity index is 606. The molecule has 6 heteroatoms. The van der Waals surface area contributed by atoms with Crippen LogP contribution in [0.25, 0.3) is 11.3 Å². The summed E-state index contributed by atoms with van der Waals surface area (Å²) in [5, 5.41) is 13.1. The molecule has 18 heavy (non-hydrogen) atoms. The van der Waals surface area contributed by atoms with E-state index in [9.17, 15) is 4.79 Å². The van der Waals surface area contributed by atoms with E-state index in [1.165, 1.54) is 13.2 Å². The number of carboxylic acids is 1. The van der Waals surface area contributed by atoms with Crippen LogP contribution in [0, 0.1) is 6.92 Å². The molecule has 2 aromatic rings. The lowest BCUT2D eigenvalue weighted by Gasteiger charge is -2.10. The SMILES string of the molecule is COc1ccc(Cl)c(C)c1-c1cc(C(=O)O)on1. The van der Waals surface area contributed by atoms with Crippen LogP contribution in [0.4, 0.5) is 0 Å². The average Bonchev–Trinajstić information content (AvgIpc) is 2.81. The van der Waals surface area contributed by atoms with Crippen LogP contribution < -0.4 is 4.74 Å². The lowest BCUT2D eigenvalue weighted by atomic mass is 10.0. The Labute approximate surface area is 108 Å². The molecule has 0 atom stereocenters. The summed E-state index contributed by atoms with van der Waals surface area (Å²) in [6, 6.07) is 4.74. The largest absolute Gasteiger partial charge is 0.496 e. The van der Waals surface area contributed by atoms with Gasteiger partial charge >= 0.3 is 5.97 Å². The van der Waals surface area contributed by atoms with Gasteiger partial charge in [0.25, 0.3) is 0 Å². The second kappa shape index (κ2) is 4.70. The first-order valence-corrected chi connectivity index (χ1v) is 5.46. The van der Waals surface area contributed by atoms with E-state index >= 15 is 0 Å². The number of halogens is 1. The van der Waals surface area contributed by atoms with Crippen molar-refractivity contribution in [1.82, 2.24) is 5.16 Å². The smallest absolute Gasteiger partial charge is 0.374 e. The molecule has 0 amide bonds. The van der Waals surface area contributed by atoms with Gasteiger partial charge in [0, 0.05) is 11.1 Å². The van der Waals surface area contributed by atoms with Crippen LogP contribution in [0.1, 0.15) is 16.1 Å². The third-order valence-corrected chi connectivity index (χ3v) is 2.97. The molecule has 1 aromatic carbocycles. The van der Waals surface area contributed by atoms with Crippen molar-refractivity contribution < 1.29 is 19.2 Å². The van der Waals surface area contributed by atoms with E-state index in [0.29, 0.717) is 22.0 Å². The number of carbonyl (C=O) groups is 1. The second-order valence-electron chi connectivity index (χ2n) is 3.63. The van der Waals surface area contributed by atoms with Crippen molar-refractivity contribution >= 4 is 17.6 Å². The molecule has 1 aromatic heterocycles. The maximum atomic E-state index is 10.8. The van der Waals surface area contributed by atoms with Gasteiger partial charge in [0.1, 0.15) is 11.4 Å². The summed E-state index contributed by atoms with van der Waals surface area (Å²) in [6.07, 6.45) is 0. The van der Waals surface area contributed by atoms with Crippen molar-refractivity contribution in [2.45, 2.75) is 6.92 Å². The van der Waals surface area contributed by atoms with Crippen molar-refractivity contribution in [3.8, 4) is 17.0 Å². The van der Waals surface area contributed by atoms with E-state index in [2.05, 4.69) is 5.16 Å². The Hall–Kier alpha value is -2.01. The zero-order valence-corrected chi connectivity index (χ0v) is 10.5. The predicted molar refractivity (Wildman–Crippen MR) is 65.2 cm³/mol. The summed E-state index contributed by atoms with van der Waals surface area (Å²) in [6.45, 7) is 1.80. The summed E-state index contributed by atoms with van der Waals surface area (Å²) in [5.41, 5.74) is 1.76. The summed E-state index contributed by atoms with van der Waals surface area (Å²) in [4.78, 5) is 10.8. The molecule has 0 saturated heterocycles. The van der Waals surface area contributed by atoms with Gasteiger partial charge in [0.05, 0.1) is 12.7 Å². The standard InChI is InChI=1S/C12H10ClNO4/c1-6-7(13)3-4-9(17-2)11(6)8-5-10(12(15)16)18-14-8/h3-5H,1-2H3,(H,15,16). The van der Waals surface area contributed by atoms with Crippen LogP contribution in [0.5, 0.6) is 5.75 Å². The Morgan fingerprint density at radius 1 is 1.50 bits per heavy atom. The van der Waals surface area contributed by atoms with Gasteiger partial charge in [-0.15, -0.1) is 0 Å². The Morgan fingerprint density at radius 3 is 2.78 bits per heavy atom. The van der Waals surface area contributed by atoms with Gasteiger partial charge in [-0.25, -0.2) is 4.79 Å². The third kappa shape index (κ3) is 2.04. The maximum Gasteiger partial charge on any atom is 0.374 e. The minimum Gasteiger partial charge on any atom is -0.496 e. The molecule has 0 aliphatic carbocycles. The predicted octanol–water partition coefficient (Wildman–Crippen LogP) is 3.01. The highest BCUT2D eigenvalue weighted by molar-refractivity contribution is 6.31. The number of hydrogen-bond acceptors (Lipinski definition) is 4. The van der Waals surface area contributed by atoms with Gasteiger partial charge in [-0.2, -0.15) is 0 Å². The van der Waals surface area contributed by atoms with Gasteiger partial charge in [0.15, 0.2) is 0 Å². The summed E-state index contributed by atoms with van der Waals surface area (Å²) < 4.78 is 9.94. The van der Waals surface area contributed by atoms with Crippen molar-refractivity contribution in [2.75, 3.05) is 7.11 Å². The molecule has 1 heterocycles. The molecule has 0 fully saturated rings. The van der Waals surface area contributed by atoms with Crippen LogP contribution in [-0.4, -0.2) is 23.3 Å². The molecule has 0 saturated carbocycles. The van der Waals surface area contributed by atoms with Crippen LogP contribution >= 0.6 is 11.6 Å². The monoisotopic (exact) mass is 267 g/mol. The number of benzene rings is 1. The average molecular weight is 268 g/mol. The molecular weight excluding hydrogens is 258 g/mol. The van der Waals surface area contributed by atoms with E-state index < -0.39 is 5.97 Å². The van der Waals surface area contributed by atoms with E-state index in [4.69, 9.17) is 26.0 Å². The molecule has 0 radical (unpaired) electrons. The van der Waals surface area contributed by atoms with Gasteiger partial charge in [-0.3, -0.25) is 0 Å². The number of hydrogen-bond donors (Lipinski definition) is 1. The van der Waals surface area contributed by atoms with Gasteiger partial charge in [-0.05, 0) is 24.6 Å². The topological polar surface area (TPSA) is 72.6 Å². The van der Waals surface area contributed by atoms with Crippen molar-refractivity contribution in [1.29, 1.82) is 0 Å². The molecule has 0 unspecified atom stereocenters. The normalized spacial score (nSPS) is 10.4. The van der Waals surface area contributed by atoms with Gasteiger partial charge in [0.2, 0.25) is 5.76 Å². The van der Waals surface area contributed by atoms with E-state index in [1.54, 1.807) is 19.1 Å². The Morgan fingerprint density at radius 2 is 2.22 bits per heavy atom. The first kappa shape index (κ1) is 12.4. The van der Waals surface area contributed by atoms with E-state index in [-0.39, 0.29) is 5.76 Å².